The van der Waals surface area contributed by atoms with Gasteiger partial charge in [0.25, 0.3) is 0 Å². The Balaban J connectivity index is 2.30. The molecule has 3 nitrogen and oxygen atoms in total. The Kier molecular flexibility index (Phi) is 3.58. The second-order valence-electron chi connectivity index (χ2n) is 5.22. The lowest BCUT2D eigenvalue weighted by Crippen LogP contribution is -2.31. The zero-order chi connectivity index (χ0) is 10.8. The van der Waals surface area contributed by atoms with Crippen molar-refractivity contribution in [3.63, 3.8) is 0 Å². The summed E-state index contributed by atoms with van der Waals surface area (Å²) in [5.74, 6) is 0.587. The Morgan fingerprint density at radius 3 is 2.14 bits per heavy atom. The molecule has 1 saturated heterocycles. The van der Waals surface area contributed by atoms with Crippen molar-refractivity contribution in [3.05, 3.63) is 0 Å². The number of hydrogen-bond donors (Lipinski definition) is 0. The predicted molar refractivity (Wildman–Crippen MR) is 57.1 cm³/mol. The normalized spacial score (nSPS) is 23.6. The van der Waals surface area contributed by atoms with Gasteiger partial charge in [0.2, 0.25) is 0 Å². The van der Waals surface area contributed by atoms with Crippen LogP contribution in [0.2, 0.25) is 0 Å². The molecule has 4 heteroatoms. The lowest BCUT2D eigenvalue weighted by Gasteiger charge is -2.26. The highest BCUT2D eigenvalue weighted by molar-refractivity contribution is 7.91. The fourth-order valence-corrected chi connectivity index (χ4v) is 2.85. The molecule has 0 aromatic rings. The Labute approximate surface area is 86.8 Å². The molecule has 0 N–H and O–H groups in total. The van der Waals surface area contributed by atoms with E-state index in [1.807, 2.05) is 0 Å². The van der Waals surface area contributed by atoms with Gasteiger partial charge in [0.15, 0.2) is 9.84 Å². The molecule has 0 spiro atoms. The molecular formula is C10H20O3S. The summed E-state index contributed by atoms with van der Waals surface area (Å²) in [6, 6.07) is 0. The van der Waals surface area contributed by atoms with Crippen LogP contribution < -0.4 is 0 Å². The Morgan fingerprint density at radius 1 is 1.21 bits per heavy atom. The summed E-state index contributed by atoms with van der Waals surface area (Å²) in [7, 11) is -2.75. The average molecular weight is 220 g/mol. The largest absolute Gasteiger partial charge is 0.378 e. The number of ether oxygens (including phenoxy) is 1. The maximum atomic E-state index is 11.1. The van der Waals surface area contributed by atoms with Gasteiger partial charge in [-0.3, -0.25) is 0 Å². The van der Waals surface area contributed by atoms with Crippen molar-refractivity contribution in [1.29, 1.82) is 0 Å². The highest BCUT2D eigenvalue weighted by Crippen LogP contribution is 2.20. The summed E-state index contributed by atoms with van der Waals surface area (Å²) in [6.45, 7) is 7.06. The van der Waals surface area contributed by atoms with Crippen LogP contribution in [0.1, 0.15) is 33.6 Å². The zero-order valence-electron chi connectivity index (χ0n) is 9.25. The molecule has 0 unspecified atom stereocenters. The molecule has 14 heavy (non-hydrogen) atoms. The third-order valence-electron chi connectivity index (χ3n) is 2.25. The molecule has 1 aliphatic rings. The molecular weight excluding hydrogens is 200 g/mol. The van der Waals surface area contributed by atoms with E-state index in [-0.39, 0.29) is 11.5 Å². The summed E-state index contributed by atoms with van der Waals surface area (Å²) in [6.07, 6.45) is 1.48. The maximum Gasteiger partial charge on any atom is 0.150 e. The van der Waals surface area contributed by atoms with Crippen LogP contribution in [-0.4, -0.2) is 32.6 Å². The molecule has 0 amide bonds. The van der Waals surface area contributed by atoms with E-state index in [9.17, 15) is 8.42 Å². The van der Waals surface area contributed by atoms with Gasteiger partial charge < -0.3 is 4.74 Å². The van der Waals surface area contributed by atoms with Crippen LogP contribution in [0, 0.1) is 5.41 Å². The molecule has 0 saturated carbocycles. The lowest BCUT2D eigenvalue weighted by molar-refractivity contribution is 0.00419. The Hall–Kier alpha value is -0.0900. The summed E-state index contributed by atoms with van der Waals surface area (Å²) in [4.78, 5) is 0. The first-order valence-electron chi connectivity index (χ1n) is 5.11. The standard InChI is InChI=1S/C10H20O3S/c1-10(2,3)8-13-9-4-6-14(11,12)7-5-9/h9H,4-8H2,1-3H3. The average Bonchev–Trinajstić information content (AvgIpc) is 2.01. The third-order valence-corrected chi connectivity index (χ3v) is 3.97. The minimum atomic E-state index is -2.75. The van der Waals surface area contributed by atoms with Gasteiger partial charge in [-0.15, -0.1) is 0 Å². The van der Waals surface area contributed by atoms with Gasteiger partial charge in [0, 0.05) is 0 Å². The van der Waals surface area contributed by atoms with E-state index in [1.54, 1.807) is 0 Å². The van der Waals surface area contributed by atoms with E-state index in [1.165, 1.54) is 0 Å². The zero-order valence-corrected chi connectivity index (χ0v) is 10.1. The van der Waals surface area contributed by atoms with Gasteiger partial charge in [-0.05, 0) is 18.3 Å². The fraction of sp³-hybridized carbons (Fsp3) is 1.00. The molecule has 0 aromatic carbocycles. The first-order chi connectivity index (χ1) is 6.29. The Bertz CT molecular complexity index is 260. The second-order valence-corrected chi connectivity index (χ2v) is 7.53. The van der Waals surface area contributed by atoms with E-state index in [2.05, 4.69) is 20.8 Å². The quantitative estimate of drug-likeness (QED) is 0.710. The molecule has 1 aliphatic heterocycles. The van der Waals surface area contributed by atoms with E-state index < -0.39 is 9.84 Å². The SMILES string of the molecule is CC(C)(C)COC1CCS(=O)(=O)CC1. The monoisotopic (exact) mass is 220 g/mol. The highest BCUT2D eigenvalue weighted by atomic mass is 32.2. The van der Waals surface area contributed by atoms with Crippen LogP contribution in [0.25, 0.3) is 0 Å². The molecule has 1 rings (SSSR count). The highest BCUT2D eigenvalue weighted by Gasteiger charge is 2.25. The van der Waals surface area contributed by atoms with Crippen LogP contribution in [0.3, 0.4) is 0 Å². The molecule has 1 fully saturated rings. The van der Waals surface area contributed by atoms with E-state index in [4.69, 9.17) is 4.74 Å². The van der Waals surface area contributed by atoms with Gasteiger partial charge in [-0.1, -0.05) is 20.8 Å². The van der Waals surface area contributed by atoms with Crippen molar-refractivity contribution in [2.45, 2.75) is 39.7 Å². The van der Waals surface area contributed by atoms with Crippen LogP contribution >= 0.6 is 0 Å². The lowest BCUT2D eigenvalue weighted by atomic mass is 9.98. The van der Waals surface area contributed by atoms with Crippen LogP contribution in [0.4, 0.5) is 0 Å². The number of rotatable bonds is 2. The summed E-state index contributed by atoms with van der Waals surface area (Å²) in [5, 5.41) is 0. The predicted octanol–water partition coefficient (Wildman–Crippen LogP) is 1.63. The third kappa shape index (κ3) is 4.42. The van der Waals surface area contributed by atoms with Gasteiger partial charge in [0.1, 0.15) is 0 Å². The van der Waals surface area contributed by atoms with Crippen molar-refractivity contribution in [3.8, 4) is 0 Å². The summed E-state index contributed by atoms with van der Waals surface area (Å²) in [5.41, 5.74) is 0.163. The minimum Gasteiger partial charge on any atom is -0.378 e. The topological polar surface area (TPSA) is 43.4 Å². The van der Waals surface area contributed by atoms with Crippen LogP contribution in [0.5, 0.6) is 0 Å². The summed E-state index contributed by atoms with van der Waals surface area (Å²) >= 11 is 0. The van der Waals surface area contributed by atoms with E-state index in [0.717, 1.165) is 0 Å². The second kappa shape index (κ2) is 4.19. The van der Waals surface area contributed by atoms with Crippen molar-refractivity contribution >= 4 is 9.84 Å². The molecule has 0 aliphatic carbocycles. The molecule has 84 valence electrons. The van der Waals surface area contributed by atoms with Crippen molar-refractivity contribution < 1.29 is 13.2 Å². The Morgan fingerprint density at radius 2 is 1.71 bits per heavy atom. The van der Waals surface area contributed by atoms with Gasteiger partial charge in [-0.25, -0.2) is 8.42 Å². The van der Waals surface area contributed by atoms with Crippen LogP contribution in [-0.2, 0) is 14.6 Å². The molecule has 0 bridgehead atoms. The van der Waals surface area contributed by atoms with Crippen LogP contribution in [0.15, 0.2) is 0 Å². The van der Waals surface area contributed by atoms with Gasteiger partial charge >= 0.3 is 0 Å². The fourth-order valence-electron chi connectivity index (χ4n) is 1.40. The summed E-state index contributed by atoms with van der Waals surface area (Å²) < 4.78 is 28.0. The van der Waals surface area contributed by atoms with Gasteiger partial charge in [0.05, 0.1) is 24.2 Å². The van der Waals surface area contributed by atoms with E-state index >= 15 is 0 Å². The molecule has 0 atom stereocenters. The first kappa shape index (κ1) is 12.0. The number of hydrogen-bond acceptors (Lipinski definition) is 3. The van der Waals surface area contributed by atoms with E-state index in [0.29, 0.717) is 31.0 Å². The number of sulfone groups is 1. The molecule has 0 aromatic heterocycles. The first-order valence-corrected chi connectivity index (χ1v) is 6.93. The smallest absolute Gasteiger partial charge is 0.150 e. The van der Waals surface area contributed by atoms with Crippen molar-refractivity contribution in [2.75, 3.05) is 18.1 Å². The molecule has 0 radical (unpaired) electrons. The van der Waals surface area contributed by atoms with Crippen molar-refractivity contribution in [1.82, 2.24) is 0 Å². The minimum absolute atomic E-state index is 0.151. The van der Waals surface area contributed by atoms with Crippen molar-refractivity contribution in [2.24, 2.45) is 5.41 Å². The maximum absolute atomic E-state index is 11.1. The molecule has 1 heterocycles. The van der Waals surface area contributed by atoms with Gasteiger partial charge in [-0.2, -0.15) is 0 Å².